The molecule has 0 rings (SSSR count). The highest BCUT2D eigenvalue weighted by Gasteiger charge is 2.12. The van der Waals surface area contributed by atoms with Crippen LogP contribution in [0.25, 0.3) is 0 Å². The van der Waals surface area contributed by atoms with Gasteiger partial charge in [0.1, 0.15) is 5.75 Å². The third-order valence-electron chi connectivity index (χ3n) is 2.44. The highest BCUT2D eigenvalue weighted by atomic mass is 32.2. The van der Waals surface area contributed by atoms with Gasteiger partial charge in [-0.2, -0.15) is 11.8 Å². The average molecular weight is 346 g/mol. The number of esters is 2. The van der Waals surface area contributed by atoms with E-state index in [1.807, 2.05) is 6.92 Å². The van der Waals surface area contributed by atoms with Crippen molar-refractivity contribution >= 4 is 41.9 Å². The molecule has 0 aliphatic carbocycles. The molecule has 0 fully saturated rings. The Morgan fingerprint density at radius 2 is 1.64 bits per heavy atom. The number of carbonyl (C=O) groups excluding carboxylic acids is 2. The standard InChI is InChI=1S/C14H23BO5S2/c1-4-21-9-11(2)13(16)19-7-5-6-8-20-14(17)12(3)10-22(15)18/h2-10,15H2,1H3. The van der Waals surface area contributed by atoms with E-state index >= 15 is 0 Å². The Morgan fingerprint density at radius 3 is 2.09 bits per heavy atom. The Labute approximate surface area is 140 Å². The molecule has 0 spiro atoms. The molecule has 22 heavy (non-hydrogen) atoms. The quantitative estimate of drug-likeness (QED) is 0.173. The Bertz CT molecular complexity index is 399. The molecule has 0 radical (unpaired) electrons. The van der Waals surface area contributed by atoms with Gasteiger partial charge in [0.05, 0.1) is 18.8 Å². The van der Waals surface area contributed by atoms with Gasteiger partial charge in [-0.15, -0.1) is 11.0 Å². The maximum Gasteiger partial charge on any atom is 0.376 e. The molecule has 124 valence electrons. The fourth-order valence-corrected chi connectivity index (χ4v) is 2.50. The van der Waals surface area contributed by atoms with Crippen LogP contribution in [-0.2, 0) is 30.1 Å². The molecular formula is C14H23BO5S2. The molecule has 0 heterocycles. The van der Waals surface area contributed by atoms with Gasteiger partial charge in [-0.25, -0.2) is 9.59 Å². The van der Waals surface area contributed by atoms with E-state index in [0.29, 0.717) is 24.2 Å². The van der Waals surface area contributed by atoms with Crippen molar-refractivity contribution in [2.24, 2.45) is 0 Å². The lowest BCUT2D eigenvalue weighted by Crippen LogP contribution is -2.16. The SMILES string of the molecule is B[S+]([O-])CC(=C)C(=O)OCCCCOC(=O)C(=C)CSCC. The molecule has 0 aliphatic heterocycles. The van der Waals surface area contributed by atoms with Crippen molar-refractivity contribution in [3.63, 3.8) is 0 Å². The number of thioether (sulfide) groups is 1. The van der Waals surface area contributed by atoms with Crippen molar-refractivity contribution in [1.29, 1.82) is 0 Å². The molecule has 5 nitrogen and oxygen atoms in total. The van der Waals surface area contributed by atoms with Crippen LogP contribution in [0.5, 0.6) is 0 Å². The molecule has 1 atom stereocenters. The second-order valence-electron chi connectivity index (χ2n) is 4.54. The lowest BCUT2D eigenvalue weighted by molar-refractivity contribution is -0.141. The summed E-state index contributed by atoms with van der Waals surface area (Å²) in [6.07, 6.45) is 1.18. The monoisotopic (exact) mass is 346 g/mol. The minimum atomic E-state index is -1.11. The van der Waals surface area contributed by atoms with Crippen LogP contribution < -0.4 is 0 Å². The van der Waals surface area contributed by atoms with E-state index in [1.165, 1.54) is 7.12 Å². The smallest absolute Gasteiger partial charge is 0.376 e. The fourth-order valence-electron chi connectivity index (χ4n) is 1.33. The second-order valence-corrected chi connectivity index (χ2v) is 7.25. The second kappa shape index (κ2) is 12.7. The van der Waals surface area contributed by atoms with Gasteiger partial charge in [-0.3, -0.25) is 0 Å². The van der Waals surface area contributed by atoms with Crippen molar-refractivity contribution < 1.29 is 23.6 Å². The third-order valence-corrected chi connectivity index (χ3v) is 4.16. The summed E-state index contributed by atoms with van der Waals surface area (Å²) in [6, 6.07) is 0. The maximum atomic E-state index is 11.5. The van der Waals surface area contributed by atoms with Gasteiger partial charge in [0.2, 0.25) is 0 Å². The molecule has 8 heteroatoms. The number of hydrogen-bond acceptors (Lipinski definition) is 6. The molecule has 0 saturated heterocycles. The molecule has 0 amide bonds. The molecule has 0 aromatic heterocycles. The van der Waals surface area contributed by atoms with Crippen molar-refractivity contribution in [2.45, 2.75) is 19.8 Å². The summed E-state index contributed by atoms with van der Waals surface area (Å²) in [6.45, 7) is 9.70. The first-order chi connectivity index (χ1) is 10.4. The minimum Gasteiger partial charge on any atom is -0.635 e. The maximum absolute atomic E-state index is 11.5. The third kappa shape index (κ3) is 10.8. The first-order valence-corrected chi connectivity index (χ1v) is 9.84. The zero-order valence-corrected chi connectivity index (χ0v) is 14.9. The summed E-state index contributed by atoms with van der Waals surface area (Å²) in [7, 11) is 1.50. The Morgan fingerprint density at radius 1 is 1.14 bits per heavy atom. The van der Waals surface area contributed by atoms with Gasteiger partial charge in [-0.1, -0.05) is 20.1 Å². The van der Waals surface area contributed by atoms with Crippen LogP contribution in [0.3, 0.4) is 0 Å². The number of carbonyl (C=O) groups is 2. The van der Waals surface area contributed by atoms with E-state index in [2.05, 4.69) is 13.2 Å². The summed E-state index contributed by atoms with van der Waals surface area (Å²) < 4.78 is 21.0. The molecule has 0 bridgehead atoms. The Balaban J connectivity index is 3.65. The van der Waals surface area contributed by atoms with Crippen LogP contribution in [0.1, 0.15) is 19.8 Å². The van der Waals surface area contributed by atoms with E-state index in [1.54, 1.807) is 11.8 Å². The zero-order valence-electron chi connectivity index (χ0n) is 13.2. The molecule has 0 N–H and O–H groups in total. The van der Waals surface area contributed by atoms with Gasteiger partial charge in [0, 0.05) is 11.3 Å². The van der Waals surface area contributed by atoms with E-state index < -0.39 is 17.0 Å². The van der Waals surface area contributed by atoms with Gasteiger partial charge < -0.3 is 14.0 Å². The van der Waals surface area contributed by atoms with Crippen molar-refractivity contribution in [2.75, 3.05) is 30.5 Å². The van der Waals surface area contributed by atoms with E-state index in [0.717, 1.165) is 5.75 Å². The van der Waals surface area contributed by atoms with E-state index in [-0.39, 0.29) is 30.5 Å². The highest BCUT2D eigenvalue weighted by molar-refractivity contribution is 8.12. The van der Waals surface area contributed by atoms with Gasteiger partial charge >= 0.3 is 19.1 Å². The van der Waals surface area contributed by atoms with E-state index in [9.17, 15) is 14.1 Å². The average Bonchev–Trinajstić information content (AvgIpc) is 2.46. The van der Waals surface area contributed by atoms with Crippen LogP contribution in [0.2, 0.25) is 0 Å². The molecular weight excluding hydrogens is 323 g/mol. The lowest BCUT2D eigenvalue weighted by atomic mass is 10.3. The minimum absolute atomic E-state index is 0.119. The number of rotatable bonds is 12. The van der Waals surface area contributed by atoms with Crippen molar-refractivity contribution in [3.8, 4) is 0 Å². The molecule has 0 aromatic carbocycles. The Kier molecular flexibility index (Phi) is 12.2. The largest absolute Gasteiger partial charge is 0.635 e. The first-order valence-electron chi connectivity index (χ1n) is 6.96. The van der Waals surface area contributed by atoms with Gasteiger partial charge in [-0.05, 0) is 18.6 Å². The topological polar surface area (TPSA) is 75.7 Å². The van der Waals surface area contributed by atoms with Crippen LogP contribution in [0.15, 0.2) is 24.3 Å². The lowest BCUT2D eigenvalue weighted by Gasteiger charge is -2.09. The van der Waals surface area contributed by atoms with Crippen LogP contribution in [0, 0.1) is 0 Å². The Hall–Kier alpha value is -0.855. The predicted octanol–water partition coefficient (Wildman–Crippen LogP) is 1.02. The summed E-state index contributed by atoms with van der Waals surface area (Å²) in [5.41, 5.74) is 0.666. The fraction of sp³-hybridized carbons (Fsp3) is 0.571. The van der Waals surface area contributed by atoms with Crippen molar-refractivity contribution in [3.05, 3.63) is 24.3 Å². The summed E-state index contributed by atoms with van der Waals surface area (Å²) in [5.74, 6) is 0.713. The zero-order chi connectivity index (χ0) is 17.0. The molecule has 0 aromatic rings. The van der Waals surface area contributed by atoms with Crippen LogP contribution in [-0.4, -0.2) is 54.1 Å². The molecule has 1 unspecified atom stereocenters. The number of ether oxygens (including phenoxy) is 2. The summed E-state index contributed by atoms with van der Waals surface area (Å²) in [5, 5.41) is 0. The van der Waals surface area contributed by atoms with Gasteiger partial charge in [0.25, 0.3) is 0 Å². The van der Waals surface area contributed by atoms with Crippen molar-refractivity contribution in [1.82, 2.24) is 0 Å². The number of unbranched alkanes of at least 4 members (excludes halogenated alkanes) is 1. The van der Waals surface area contributed by atoms with E-state index in [4.69, 9.17) is 9.47 Å². The molecule has 0 saturated carbocycles. The summed E-state index contributed by atoms with van der Waals surface area (Å²) in [4.78, 5) is 23.0. The predicted molar refractivity (Wildman–Crippen MR) is 94.0 cm³/mol. The molecule has 0 aliphatic rings. The first kappa shape index (κ1) is 21.1. The number of hydrogen-bond donors (Lipinski definition) is 0. The van der Waals surface area contributed by atoms with Crippen LogP contribution in [0.4, 0.5) is 0 Å². The van der Waals surface area contributed by atoms with Gasteiger partial charge in [0.15, 0.2) is 0 Å². The summed E-state index contributed by atoms with van der Waals surface area (Å²) >= 11 is 0.507. The highest BCUT2D eigenvalue weighted by Crippen LogP contribution is 2.07. The van der Waals surface area contributed by atoms with Crippen LogP contribution >= 0.6 is 11.8 Å². The normalized spacial score (nSPS) is 11.5.